The van der Waals surface area contributed by atoms with Gasteiger partial charge in [0, 0.05) is 12.1 Å². The van der Waals surface area contributed by atoms with Crippen LogP contribution in [-0.4, -0.2) is 37.1 Å². The van der Waals surface area contributed by atoms with Crippen molar-refractivity contribution in [2.75, 3.05) is 14.2 Å². The van der Waals surface area contributed by atoms with Crippen molar-refractivity contribution in [3.63, 3.8) is 0 Å². The van der Waals surface area contributed by atoms with Crippen molar-refractivity contribution < 1.29 is 9.53 Å². The normalized spacial score (nSPS) is 32.1. The second-order valence-corrected chi connectivity index (χ2v) is 6.53. The molecule has 0 unspecified atom stereocenters. The number of hydrogen-bond donors (Lipinski definition) is 0. The second kappa shape index (κ2) is 6.18. The van der Waals surface area contributed by atoms with Crippen LogP contribution in [-0.2, 0) is 16.0 Å². The lowest BCUT2D eigenvalue weighted by Crippen LogP contribution is -2.50. The molecule has 1 aromatic carbocycles. The molecule has 2 heterocycles. The van der Waals surface area contributed by atoms with E-state index in [0.29, 0.717) is 18.0 Å². The van der Waals surface area contributed by atoms with Crippen LogP contribution < -0.4 is 0 Å². The summed E-state index contributed by atoms with van der Waals surface area (Å²) < 4.78 is 5.11. The Bertz CT molecular complexity index is 487. The predicted octanol–water partition coefficient (Wildman–Crippen LogP) is 2.89. The molecule has 1 aromatic rings. The molecule has 4 atom stereocenters. The molecule has 0 saturated carbocycles. The van der Waals surface area contributed by atoms with E-state index < -0.39 is 0 Å². The molecule has 21 heavy (non-hydrogen) atoms. The highest BCUT2D eigenvalue weighted by atomic mass is 16.5. The number of carbonyl (C=O) groups is 1. The second-order valence-electron chi connectivity index (χ2n) is 6.53. The topological polar surface area (TPSA) is 29.5 Å². The molecule has 0 amide bonds. The van der Waals surface area contributed by atoms with Gasteiger partial charge in [-0.05, 0) is 50.6 Å². The van der Waals surface area contributed by atoms with Gasteiger partial charge in [-0.1, -0.05) is 30.3 Å². The van der Waals surface area contributed by atoms with Crippen LogP contribution in [0.3, 0.4) is 0 Å². The van der Waals surface area contributed by atoms with E-state index in [0.717, 1.165) is 25.7 Å². The van der Waals surface area contributed by atoms with Gasteiger partial charge in [0.1, 0.15) is 0 Å². The minimum absolute atomic E-state index is 0.00902. The van der Waals surface area contributed by atoms with Crippen molar-refractivity contribution in [3.8, 4) is 0 Å². The number of hydrogen-bond acceptors (Lipinski definition) is 3. The van der Waals surface area contributed by atoms with E-state index in [1.54, 1.807) is 0 Å². The van der Waals surface area contributed by atoms with Gasteiger partial charge in [0.15, 0.2) is 0 Å². The van der Waals surface area contributed by atoms with Crippen LogP contribution in [0, 0.1) is 11.8 Å². The summed E-state index contributed by atoms with van der Waals surface area (Å²) in [5.74, 6) is 0.513. The summed E-state index contributed by atoms with van der Waals surface area (Å²) in [6.45, 7) is 0. The van der Waals surface area contributed by atoms with Gasteiger partial charge < -0.3 is 4.74 Å². The summed E-state index contributed by atoms with van der Waals surface area (Å²) in [5.41, 5.74) is 1.37. The lowest BCUT2D eigenvalue weighted by Gasteiger charge is -2.41. The van der Waals surface area contributed by atoms with Crippen LogP contribution >= 0.6 is 0 Å². The number of nitrogens with zero attached hydrogens (tertiary/aromatic N) is 1. The van der Waals surface area contributed by atoms with Gasteiger partial charge in [-0.2, -0.15) is 0 Å². The fourth-order valence-electron chi connectivity index (χ4n) is 4.35. The van der Waals surface area contributed by atoms with Crippen molar-refractivity contribution in [3.05, 3.63) is 35.9 Å². The molecule has 114 valence electrons. The zero-order chi connectivity index (χ0) is 14.8. The molecular weight excluding hydrogens is 262 g/mol. The first-order chi connectivity index (χ1) is 10.2. The molecular formula is C18H25NO2. The molecule has 3 heteroatoms. The average Bonchev–Trinajstić information content (AvgIpc) is 2.76. The van der Waals surface area contributed by atoms with Gasteiger partial charge in [0.25, 0.3) is 0 Å². The first-order valence-electron chi connectivity index (χ1n) is 8.04. The maximum atomic E-state index is 12.3. The van der Waals surface area contributed by atoms with Crippen molar-refractivity contribution in [1.82, 2.24) is 4.90 Å². The number of esters is 1. The van der Waals surface area contributed by atoms with Crippen LogP contribution in [0.15, 0.2) is 30.3 Å². The molecule has 0 N–H and O–H groups in total. The predicted molar refractivity (Wildman–Crippen MR) is 82.9 cm³/mol. The first kappa shape index (κ1) is 14.6. The number of rotatable bonds is 4. The smallest absolute Gasteiger partial charge is 0.310 e. The van der Waals surface area contributed by atoms with Gasteiger partial charge in [-0.3, -0.25) is 9.69 Å². The van der Waals surface area contributed by atoms with Crippen LogP contribution in [0.25, 0.3) is 0 Å². The molecule has 2 fully saturated rings. The van der Waals surface area contributed by atoms with Gasteiger partial charge in [-0.15, -0.1) is 0 Å². The van der Waals surface area contributed by atoms with E-state index in [4.69, 9.17) is 4.74 Å². The van der Waals surface area contributed by atoms with Crippen LogP contribution in [0.1, 0.15) is 31.2 Å². The zero-order valence-electron chi connectivity index (χ0n) is 13.0. The summed E-state index contributed by atoms with van der Waals surface area (Å²) >= 11 is 0. The Balaban J connectivity index is 1.71. The van der Waals surface area contributed by atoms with Crippen molar-refractivity contribution in [2.45, 2.75) is 44.2 Å². The van der Waals surface area contributed by atoms with Crippen LogP contribution in [0.5, 0.6) is 0 Å². The summed E-state index contributed by atoms with van der Waals surface area (Å²) in [7, 11) is 3.70. The van der Waals surface area contributed by atoms with Gasteiger partial charge >= 0.3 is 5.97 Å². The number of aryl methyl sites for hydroxylation is 1. The summed E-state index contributed by atoms with van der Waals surface area (Å²) in [4.78, 5) is 14.7. The highest BCUT2D eigenvalue weighted by Gasteiger charge is 2.48. The number of methoxy groups -OCH3 is 1. The van der Waals surface area contributed by atoms with Crippen LogP contribution in [0.2, 0.25) is 0 Å². The quantitative estimate of drug-likeness (QED) is 0.798. The summed E-state index contributed by atoms with van der Waals surface area (Å²) in [5, 5.41) is 0. The molecule has 0 aromatic heterocycles. The number of piperidine rings is 1. The lowest BCUT2D eigenvalue weighted by atomic mass is 9.77. The molecule has 2 aliphatic heterocycles. The first-order valence-corrected chi connectivity index (χ1v) is 8.04. The number of ether oxygens (including phenoxy) is 1. The van der Waals surface area contributed by atoms with Gasteiger partial charge in [0.2, 0.25) is 0 Å². The van der Waals surface area contributed by atoms with E-state index in [9.17, 15) is 4.79 Å². The minimum Gasteiger partial charge on any atom is -0.469 e. The van der Waals surface area contributed by atoms with E-state index in [1.807, 2.05) is 0 Å². The Morgan fingerprint density at radius 1 is 1.29 bits per heavy atom. The third kappa shape index (κ3) is 2.84. The SMILES string of the molecule is COC(=O)[C@H]1[C@@H](CCc2ccccc2)C[C@@H]2CC[C@H]1N2C. The highest BCUT2D eigenvalue weighted by Crippen LogP contribution is 2.43. The van der Waals surface area contributed by atoms with Crippen molar-refractivity contribution in [2.24, 2.45) is 11.8 Å². The fraction of sp³-hybridized carbons (Fsp3) is 0.611. The van der Waals surface area contributed by atoms with Crippen molar-refractivity contribution >= 4 is 5.97 Å². The largest absolute Gasteiger partial charge is 0.469 e. The fourth-order valence-corrected chi connectivity index (χ4v) is 4.35. The number of fused-ring (bicyclic) bond motifs is 2. The molecule has 0 radical (unpaired) electrons. The zero-order valence-corrected chi connectivity index (χ0v) is 13.0. The Kier molecular flexibility index (Phi) is 4.29. The molecule has 2 aliphatic rings. The van der Waals surface area contributed by atoms with Gasteiger partial charge in [0.05, 0.1) is 13.0 Å². The molecule has 2 saturated heterocycles. The summed E-state index contributed by atoms with van der Waals surface area (Å²) in [6, 6.07) is 11.6. The highest BCUT2D eigenvalue weighted by molar-refractivity contribution is 5.74. The molecule has 0 aliphatic carbocycles. The Labute approximate surface area is 127 Å². The monoisotopic (exact) mass is 287 g/mol. The van der Waals surface area contributed by atoms with E-state index in [-0.39, 0.29) is 11.9 Å². The van der Waals surface area contributed by atoms with Crippen LogP contribution in [0.4, 0.5) is 0 Å². The summed E-state index contributed by atoms with van der Waals surface area (Å²) in [6.07, 6.45) is 5.66. The third-order valence-corrected chi connectivity index (χ3v) is 5.51. The molecule has 2 bridgehead atoms. The number of benzene rings is 1. The van der Waals surface area contributed by atoms with E-state index in [1.165, 1.54) is 19.1 Å². The maximum Gasteiger partial charge on any atom is 0.310 e. The molecule has 3 rings (SSSR count). The maximum absolute atomic E-state index is 12.3. The van der Waals surface area contributed by atoms with Gasteiger partial charge in [-0.25, -0.2) is 0 Å². The van der Waals surface area contributed by atoms with Crippen molar-refractivity contribution in [1.29, 1.82) is 0 Å². The Morgan fingerprint density at radius 2 is 2.05 bits per heavy atom. The Morgan fingerprint density at radius 3 is 2.76 bits per heavy atom. The lowest BCUT2D eigenvalue weighted by molar-refractivity contribution is -0.152. The molecule has 0 spiro atoms. The number of carbonyl (C=O) groups excluding carboxylic acids is 1. The van der Waals surface area contributed by atoms with E-state index in [2.05, 4.69) is 42.3 Å². The third-order valence-electron chi connectivity index (χ3n) is 5.51. The standard InChI is InChI=1S/C18H25NO2/c1-19-15-10-11-16(19)17(18(20)21-2)14(12-15)9-8-13-6-4-3-5-7-13/h3-7,14-17H,8-12H2,1-2H3/t14-,15-,16+,17-/m0/s1. The van der Waals surface area contributed by atoms with E-state index >= 15 is 0 Å². The minimum atomic E-state index is -0.00902. The molecule has 3 nitrogen and oxygen atoms in total. The average molecular weight is 287 g/mol. The Hall–Kier alpha value is -1.35.